The van der Waals surface area contributed by atoms with Gasteiger partial charge in [0.2, 0.25) is 0 Å². The third-order valence-electron chi connectivity index (χ3n) is 2.24. The monoisotopic (exact) mass is 274 g/mol. The highest BCUT2D eigenvalue weighted by molar-refractivity contribution is 7.86. The maximum atomic E-state index is 11.2. The number of rotatable bonds is 4. The van der Waals surface area contributed by atoms with Crippen molar-refractivity contribution in [2.24, 2.45) is 0 Å². The van der Waals surface area contributed by atoms with Gasteiger partial charge < -0.3 is 8.92 Å². The van der Waals surface area contributed by atoms with Crippen molar-refractivity contribution in [1.29, 1.82) is 0 Å². The molecule has 0 unspecified atom stereocenters. The first-order chi connectivity index (χ1) is 7.63. The van der Waals surface area contributed by atoms with Gasteiger partial charge in [0.1, 0.15) is 11.5 Å². The smallest absolute Gasteiger partial charge is 0.306 e. The molecule has 0 atom stereocenters. The quantitative estimate of drug-likeness (QED) is 0.618. The molecular formula is C11H18O4SSi. The number of ether oxygens (including phenoxy) is 1. The van der Waals surface area contributed by atoms with Crippen LogP contribution in [0.1, 0.15) is 0 Å². The number of methoxy groups -OCH3 is 1. The van der Waals surface area contributed by atoms with E-state index < -0.39 is 18.2 Å². The molecule has 0 spiro atoms. The fourth-order valence-corrected chi connectivity index (χ4v) is 3.45. The molecular weight excluding hydrogens is 256 g/mol. The van der Waals surface area contributed by atoms with Gasteiger partial charge in [-0.05, 0) is 23.4 Å². The maximum Gasteiger partial charge on any atom is 0.306 e. The standard InChI is InChI=1S/C11H18O4SSi/c1-14-9-6-7-10(15-16(2,12)13)11(8-9)17(3,4)5/h6-8H,1-5H3. The van der Waals surface area contributed by atoms with Crippen LogP contribution >= 0.6 is 0 Å². The van der Waals surface area contributed by atoms with E-state index >= 15 is 0 Å². The normalized spacial score (nSPS) is 12.3. The molecule has 0 aromatic heterocycles. The van der Waals surface area contributed by atoms with Gasteiger partial charge >= 0.3 is 10.1 Å². The van der Waals surface area contributed by atoms with Crippen LogP contribution in [0, 0.1) is 0 Å². The summed E-state index contributed by atoms with van der Waals surface area (Å²) in [5.74, 6) is 1.12. The van der Waals surface area contributed by atoms with Gasteiger partial charge in [-0.1, -0.05) is 19.6 Å². The lowest BCUT2D eigenvalue weighted by atomic mass is 10.3. The molecule has 0 aliphatic heterocycles. The fraction of sp³-hybridized carbons (Fsp3) is 0.455. The Balaban J connectivity index is 3.30. The van der Waals surface area contributed by atoms with Crippen LogP contribution in [0.3, 0.4) is 0 Å². The van der Waals surface area contributed by atoms with Crippen LogP contribution < -0.4 is 14.1 Å². The van der Waals surface area contributed by atoms with Crippen LogP contribution in [-0.4, -0.2) is 29.9 Å². The van der Waals surface area contributed by atoms with E-state index in [9.17, 15) is 8.42 Å². The zero-order chi connectivity index (χ0) is 13.3. The van der Waals surface area contributed by atoms with Crippen molar-refractivity contribution in [3.63, 3.8) is 0 Å². The van der Waals surface area contributed by atoms with E-state index in [1.807, 2.05) is 6.07 Å². The van der Waals surface area contributed by atoms with Crippen molar-refractivity contribution in [1.82, 2.24) is 0 Å². The summed E-state index contributed by atoms with van der Waals surface area (Å²) < 4.78 is 32.6. The number of benzene rings is 1. The zero-order valence-electron chi connectivity index (χ0n) is 10.8. The minimum Gasteiger partial charge on any atom is -0.497 e. The van der Waals surface area contributed by atoms with Crippen molar-refractivity contribution in [2.75, 3.05) is 13.4 Å². The lowest BCUT2D eigenvalue weighted by Gasteiger charge is -2.20. The molecule has 0 aliphatic carbocycles. The lowest BCUT2D eigenvalue weighted by molar-refractivity contribution is 0.414. The largest absolute Gasteiger partial charge is 0.497 e. The molecule has 6 heteroatoms. The molecule has 0 fully saturated rings. The van der Waals surface area contributed by atoms with Gasteiger partial charge in [-0.25, -0.2) is 0 Å². The van der Waals surface area contributed by atoms with Gasteiger partial charge in [-0.2, -0.15) is 8.42 Å². The second-order valence-corrected chi connectivity index (χ2v) is 11.5. The molecule has 96 valence electrons. The summed E-state index contributed by atoms with van der Waals surface area (Å²) in [4.78, 5) is 0. The third-order valence-corrected chi connectivity index (χ3v) is 4.72. The Kier molecular flexibility index (Phi) is 3.88. The molecule has 0 aliphatic rings. The Morgan fingerprint density at radius 1 is 1.18 bits per heavy atom. The average molecular weight is 274 g/mol. The summed E-state index contributed by atoms with van der Waals surface area (Å²) in [5, 5.41) is 0.933. The highest BCUT2D eigenvalue weighted by Gasteiger charge is 2.23. The summed E-state index contributed by atoms with van der Waals surface area (Å²) in [6.45, 7) is 6.37. The van der Waals surface area contributed by atoms with Crippen molar-refractivity contribution < 1.29 is 17.3 Å². The minimum absolute atomic E-state index is 0.410. The third kappa shape index (κ3) is 4.05. The van der Waals surface area contributed by atoms with Gasteiger partial charge in [0.25, 0.3) is 0 Å². The van der Waals surface area contributed by atoms with E-state index in [0.717, 1.165) is 11.4 Å². The van der Waals surface area contributed by atoms with Crippen LogP contribution in [0.4, 0.5) is 0 Å². The van der Waals surface area contributed by atoms with Crippen LogP contribution in [0.25, 0.3) is 0 Å². The highest BCUT2D eigenvalue weighted by atomic mass is 32.2. The predicted octanol–water partition coefficient (Wildman–Crippen LogP) is 1.58. The van der Waals surface area contributed by atoms with Crippen molar-refractivity contribution in [3.8, 4) is 11.5 Å². The molecule has 0 heterocycles. The highest BCUT2D eigenvalue weighted by Crippen LogP contribution is 2.21. The van der Waals surface area contributed by atoms with Crippen LogP contribution in [-0.2, 0) is 10.1 Å². The molecule has 0 N–H and O–H groups in total. The van der Waals surface area contributed by atoms with Gasteiger partial charge in [0.05, 0.1) is 21.4 Å². The van der Waals surface area contributed by atoms with E-state index in [4.69, 9.17) is 8.92 Å². The molecule has 0 amide bonds. The molecule has 4 nitrogen and oxygen atoms in total. The number of hydrogen-bond donors (Lipinski definition) is 0. The summed E-state index contributed by atoms with van der Waals surface area (Å²) in [7, 11) is -3.61. The molecule has 1 aromatic carbocycles. The molecule has 1 aromatic rings. The SMILES string of the molecule is COc1ccc(OS(C)(=O)=O)c([Si](C)(C)C)c1. The molecule has 0 radical (unpaired) electrons. The van der Waals surface area contributed by atoms with Gasteiger partial charge in [-0.3, -0.25) is 0 Å². The van der Waals surface area contributed by atoms with E-state index in [1.165, 1.54) is 0 Å². The van der Waals surface area contributed by atoms with E-state index in [0.29, 0.717) is 11.5 Å². The Morgan fingerprint density at radius 3 is 2.18 bits per heavy atom. The first-order valence-electron chi connectivity index (χ1n) is 5.21. The molecule has 0 saturated carbocycles. The van der Waals surface area contributed by atoms with Crippen molar-refractivity contribution in [3.05, 3.63) is 18.2 Å². The summed E-state index contributed by atoms with van der Waals surface area (Å²) in [5.41, 5.74) is 0. The zero-order valence-corrected chi connectivity index (χ0v) is 12.6. The second kappa shape index (κ2) is 4.70. The molecule has 1 rings (SSSR count). The summed E-state index contributed by atoms with van der Waals surface area (Å²) in [6, 6.07) is 5.20. The summed E-state index contributed by atoms with van der Waals surface area (Å²) >= 11 is 0. The molecule has 0 saturated heterocycles. The van der Waals surface area contributed by atoms with E-state index in [-0.39, 0.29) is 0 Å². The van der Waals surface area contributed by atoms with E-state index in [2.05, 4.69) is 19.6 Å². The lowest BCUT2D eigenvalue weighted by Crippen LogP contribution is -2.39. The van der Waals surface area contributed by atoms with Crippen molar-refractivity contribution >= 4 is 23.4 Å². The first-order valence-corrected chi connectivity index (χ1v) is 10.5. The Labute approximate surface area is 104 Å². The summed E-state index contributed by atoms with van der Waals surface area (Å²) in [6.07, 6.45) is 1.05. The minimum atomic E-state index is -3.50. The first kappa shape index (κ1) is 14.0. The maximum absolute atomic E-state index is 11.2. The average Bonchev–Trinajstić information content (AvgIpc) is 2.14. The predicted molar refractivity (Wildman–Crippen MR) is 71.4 cm³/mol. The Hall–Kier alpha value is -1.01. The van der Waals surface area contributed by atoms with Crippen LogP contribution in [0.15, 0.2) is 18.2 Å². The topological polar surface area (TPSA) is 52.6 Å². The Bertz CT molecular complexity index is 503. The number of hydrogen-bond acceptors (Lipinski definition) is 4. The second-order valence-electron chi connectivity index (χ2n) is 4.90. The van der Waals surface area contributed by atoms with Gasteiger partial charge in [-0.15, -0.1) is 0 Å². The van der Waals surface area contributed by atoms with E-state index in [1.54, 1.807) is 19.2 Å². The van der Waals surface area contributed by atoms with Crippen molar-refractivity contribution in [2.45, 2.75) is 19.6 Å². The fourth-order valence-electron chi connectivity index (χ4n) is 1.46. The molecule has 0 bridgehead atoms. The van der Waals surface area contributed by atoms with Gasteiger partial charge in [0, 0.05) is 0 Å². The Morgan fingerprint density at radius 2 is 1.76 bits per heavy atom. The van der Waals surface area contributed by atoms with Crippen LogP contribution in [0.2, 0.25) is 19.6 Å². The van der Waals surface area contributed by atoms with Gasteiger partial charge in [0.15, 0.2) is 0 Å². The molecule has 17 heavy (non-hydrogen) atoms. The van der Waals surface area contributed by atoms with Crippen LogP contribution in [0.5, 0.6) is 11.5 Å².